The van der Waals surface area contributed by atoms with Gasteiger partial charge in [-0.3, -0.25) is 4.99 Å². The van der Waals surface area contributed by atoms with Crippen LogP contribution < -0.4 is 0 Å². The molecule has 0 atom stereocenters. The molecular weight excluding hydrogens is 234 g/mol. The van der Waals surface area contributed by atoms with Crippen molar-refractivity contribution in [2.75, 3.05) is 13.7 Å². The minimum Gasteiger partial charge on any atom is -0.507 e. The van der Waals surface area contributed by atoms with Gasteiger partial charge in [-0.25, -0.2) is 4.79 Å². The summed E-state index contributed by atoms with van der Waals surface area (Å²) in [6.07, 6.45) is 1.43. The molecule has 0 unspecified atom stereocenters. The van der Waals surface area contributed by atoms with E-state index in [9.17, 15) is 9.90 Å². The van der Waals surface area contributed by atoms with Gasteiger partial charge >= 0.3 is 5.97 Å². The molecule has 0 aliphatic heterocycles. The van der Waals surface area contributed by atoms with Crippen molar-refractivity contribution in [2.24, 2.45) is 4.99 Å². The van der Waals surface area contributed by atoms with Crippen molar-refractivity contribution in [2.45, 2.75) is 19.4 Å². The Kier molecular flexibility index (Phi) is 4.44. The van der Waals surface area contributed by atoms with Crippen molar-refractivity contribution in [3.8, 4) is 5.75 Å². The second-order valence-electron chi connectivity index (χ2n) is 4.49. The van der Waals surface area contributed by atoms with Crippen LogP contribution in [0.1, 0.15) is 29.8 Å². The molecule has 1 aromatic carbocycles. The Morgan fingerprint density at radius 3 is 2.72 bits per heavy atom. The SMILES string of the molecule is COC(=O)c1ccc(O)c(/C=N/C(C)(C)CO)c1. The van der Waals surface area contributed by atoms with Crippen molar-refractivity contribution < 1.29 is 19.7 Å². The Labute approximate surface area is 106 Å². The first kappa shape index (κ1) is 14.2. The molecule has 2 N–H and O–H groups in total. The molecule has 0 aromatic heterocycles. The van der Waals surface area contributed by atoms with E-state index in [0.29, 0.717) is 11.1 Å². The van der Waals surface area contributed by atoms with Gasteiger partial charge in [0.1, 0.15) is 5.75 Å². The Hall–Kier alpha value is -1.88. The molecule has 98 valence electrons. The van der Waals surface area contributed by atoms with E-state index in [1.54, 1.807) is 13.8 Å². The summed E-state index contributed by atoms with van der Waals surface area (Å²) in [6, 6.07) is 4.35. The zero-order chi connectivity index (χ0) is 13.8. The van der Waals surface area contributed by atoms with E-state index in [2.05, 4.69) is 9.73 Å². The molecule has 0 radical (unpaired) electrons. The molecule has 18 heavy (non-hydrogen) atoms. The van der Waals surface area contributed by atoms with E-state index in [-0.39, 0.29) is 12.4 Å². The number of phenols is 1. The van der Waals surface area contributed by atoms with E-state index in [1.165, 1.54) is 31.5 Å². The number of rotatable bonds is 4. The maximum atomic E-state index is 11.3. The number of benzene rings is 1. The van der Waals surface area contributed by atoms with Crippen molar-refractivity contribution in [3.05, 3.63) is 29.3 Å². The number of phenolic OH excluding ortho intramolecular Hbond substituents is 1. The molecule has 0 spiro atoms. The van der Waals surface area contributed by atoms with Crippen molar-refractivity contribution in [1.82, 2.24) is 0 Å². The Morgan fingerprint density at radius 2 is 2.17 bits per heavy atom. The second-order valence-corrected chi connectivity index (χ2v) is 4.49. The molecule has 5 heteroatoms. The number of carbonyl (C=O) groups is 1. The normalized spacial score (nSPS) is 11.8. The van der Waals surface area contributed by atoms with E-state index in [0.717, 1.165) is 0 Å². The van der Waals surface area contributed by atoms with Crippen LogP contribution in [0.2, 0.25) is 0 Å². The Morgan fingerprint density at radius 1 is 1.50 bits per heavy atom. The van der Waals surface area contributed by atoms with E-state index >= 15 is 0 Å². The second kappa shape index (κ2) is 5.64. The lowest BCUT2D eigenvalue weighted by Gasteiger charge is -2.15. The zero-order valence-electron chi connectivity index (χ0n) is 10.7. The number of carbonyl (C=O) groups excluding carboxylic acids is 1. The van der Waals surface area contributed by atoms with Gasteiger partial charge < -0.3 is 14.9 Å². The number of aliphatic imine (C=N–C) groups is 1. The predicted molar refractivity (Wildman–Crippen MR) is 68.2 cm³/mol. The van der Waals surface area contributed by atoms with Gasteiger partial charge in [0.2, 0.25) is 0 Å². The van der Waals surface area contributed by atoms with Gasteiger partial charge in [0.25, 0.3) is 0 Å². The largest absolute Gasteiger partial charge is 0.507 e. The minimum absolute atomic E-state index is 0.0140. The first-order valence-corrected chi connectivity index (χ1v) is 5.47. The van der Waals surface area contributed by atoms with Crippen LogP contribution in [0.3, 0.4) is 0 Å². The Balaban J connectivity index is 3.05. The number of ether oxygens (including phenoxy) is 1. The highest BCUT2D eigenvalue weighted by Gasteiger charge is 2.14. The standard InChI is InChI=1S/C13H17NO4/c1-13(2,8-15)14-7-10-6-9(12(17)18-3)4-5-11(10)16/h4-7,15-16H,8H2,1-3H3/b14-7+. The van der Waals surface area contributed by atoms with Gasteiger partial charge in [-0.05, 0) is 32.0 Å². The van der Waals surface area contributed by atoms with Crippen LogP contribution in [-0.2, 0) is 4.74 Å². The third kappa shape index (κ3) is 3.56. The highest BCUT2D eigenvalue weighted by atomic mass is 16.5. The van der Waals surface area contributed by atoms with Crippen molar-refractivity contribution in [3.63, 3.8) is 0 Å². The molecular formula is C13H17NO4. The molecule has 0 aliphatic carbocycles. The number of aliphatic hydroxyl groups excluding tert-OH is 1. The first-order chi connectivity index (χ1) is 8.39. The predicted octanol–water partition coefficient (Wildman–Crippen LogP) is 1.37. The van der Waals surface area contributed by atoms with Gasteiger partial charge in [0.15, 0.2) is 0 Å². The number of hydrogen-bond donors (Lipinski definition) is 2. The molecule has 0 heterocycles. The van der Waals surface area contributed by atoms with Gasteiger partial charge in [-0.15, -0.1) is 0 Å². The summed E-state index contributed by atoms with van der Waals surface area (Å²) in [6.45, 7) is 3.40. The smallest absolute Gasteiger partial charge is 0.337 e. The maximum absolute atomic E-state index is 11.3. The van der Waals surface area contributed by atoms with Crippen LogP contribution in [0.15, 0.2) is 23.2 Å². The lowest BCUT2D eigenvalue weighted by molar-refractivity contribution is 0.0600. The summed E-state index contributed by atoms with van der Waals surface area (Å²) in [5, 5.41) is 18.7. The van der Waals surface area contributed by atoms with Crippen LogP contribution in [0.4, 0.5) is 0 Å². The molecule has 0 fully saturated rings. The van der Waals surface area contributed by atoms with Gasteiger partial charge in [0, 0.05) is 11.8 Å². The summed E-state index contributed by atoms with van der Waals surface area (Å²) < 4.78 is 4.59. The van der Waals surface area contributed by atoms with Crippen molar-refractivity contribution in [1.29, 1.82) is 0 Å². The van der Waals surface area contributed by atoms with Gasteiger partial charge in [-0.2, -0.15) is 0 Å². The monoisotopic (exact) mass is 251 g/mol. The van der Waals surface area contributed by atoms with E-state index in [1.807, 2.05) is 0 Å². The summed E-state index contributed by atoms with van der Waals surface area (Å²) >= 11 is 0. The highest BCUT2D eigenvalue weighted by molar-refractivity contribution is 5.93. The number of esters is 1. The average molecular weight is 251 g/mol. The van der Waals surface area contributed by atoms with Crippen LogP contribution in [-0.4, -0.2) is 41.7 Å². The van der Waals surface area contributed by atoms with E-state index < -0.39 is 11.5 Å². The summed E-state index contributed by atoms with van der Waals surface area (Å²) in [5.74, 6) is -0.466. The van der Waals surface area contributed by atoms with Crippen LogP contribution in [0, 0.1) is 0 Å². The topological polar surface area (TPSA) is 79.1 Å². The first-order valence-electron chi connectivity index (χ1n) is 5.47. The number of aliphatic hydroxyl groups is 1. The third-order valence-electron chi connectivity index (χ3n) is 2.39. The van der Waals surface area contributed by atoms with Crippen LogP contribution >= 0.6 is 0 Å². The summed E-state index contributed by atoms with van der Waals surface area (Å²) in [5.41, 5.74) is 0.103. The van der Waals surface area contributed by atoms with Crippen molar-refractivity contribution >= 4 is 12.2 Å². The molecule has 0 aliphatic rings. The molecule has 0 saturated carbocycles. The Bertz CT molecular complexity index is 466. The average Bonchev–Trinajstić information content (AvgIpc) is 2.37. The lowest BCUT2D eigenvalue weighted by Crippen LogP contribution is -2.22. The quantitative estimate of drug-likeness (QED) is 0.625. The van der Waals surface area contributed by atoms with Crippen LogP contribution in [0.25, 0.3) is 0 Å². The molecule has 1 aromatic rings. The fourth-order valence-electron chi connectivity index (χ4n) is 1.19. The number of nitrogens with zero attached hydrogens (tertiary/aromatic N) is 1. The fraction of sp³-hybridized carbons (Fsp3) is 0.385. The highest BCUT2D eigenvalue weighted by Crippen LogP contribution is 2.18. The summed E-state index contributed by atoms with van der Waals surface area (Å²) in [4.78, 5) is 15.5. The van der Waals surface area contributed by atoms with Crippen LogP contribution in [0.5, 0.6) is 5.75 Å². The zero-order valence-corrected chi connectivity index (χ0v) is 10.7. The number of aromatic hydroxyl groups is 1. The minimum atomic E-state index is -0.631. The van der Waals surface area contributed by atoms with E-state index in [4.69, 9.17) is 5.11 Å². The lowest BCUT2D eigenvalue weighted by atomic mass is 10.1. The van der Waals surface area contributed by atoms with Gasteiger partial charge in [-0.1, -0.05) is 0 Å². The number of methoxy groups -OCH3 is 1. The molecule has 1 rings (SSSR count). The molecule has 5 nitrogen and oxygen atoms in total. The number of hydrogen-bond acceptors (Lipinski definition) is 5. The molecule has 0 amide bonds. The van der Waals surface area contributed by atoms with Gasteiger partial charge in [0.05, 0.1) is 24.8 Å². The molecule has 0 saturated heterocycles. The molecule has 0 bridgehead atoms. The fourth-order valence-corrected chi connectivity index (χ4v) is 1.19. The summed E-state index contributed by atoms with van der Waals surface area (Å²) in [7, 11) is 1.29. The third-order valence-corrected chi connectivity index (χ3v) is 2.39. The maximum Gasteiger partial charge on any atom is 0.337 e.